The topological polar surface area (TPSA) is 46.5 Å². The first-order chi connectivity index (χ1) is 4.24. The number of aliphatic hydroxyl groups excluding tert-OH is 1. The van der Waals surface area contributed by atoms with Crippen LogP contribution in [0.5, 0.6) is 0 Å². The van der Waals surface area contributed by atoms with Crippen molar-refractivity contribution in [2.75, 3.05) is 6.61 Å². The van der Waals surface area contributed by atoms with Gasteiger partial charge in [-0.15, -0.1) is 0 Å². The fraction of sp³-hybridized carbons (Fsp3) is 0.800. The lowest BCUT2D eigenvalue weighted by molar-refractivity contribution is -0.146. The highest BCUT2D eigenvalue weighted by Crippen LogP contribution is 2.16. The summed E-state index contributed by atoms with van der Waals surface area (Å²) >= 11 is 0. The lowest BCUT2D eigenvalue weighted by Gasteiger charge is -2.00. The summed E-state index contributed by atoms with van der Waals surface area (Å²) < 4.78 is 16.5. The molecule has 0 radical (unpaired) electrons. The molecule has 0 aliphatic carbocycles. The van der Waals surface area contributed by atoms with Crippen LogP contribution < -0.4 is 0 Å². The molecule has 1 aliphatic heterocycles. The Kier molecular flexibility index (Phi) is 1.66. The molecule has 0 aromatic heterocycles. The van der Waals surface area contributed by atoms with Crippen molar-refractivity contribution in [1.82, 2.24) is 0 Å². The van der Waals surface area contributed by atoms with Gasteiger partial charge in [0, 0.05) is 6.42 Å². The molecular weight excluding hydrogens is 127 g/mol. The zero-order valence-electron chi connectivity index (χ0n) is 4.71. The lowest BCUT2D eigenvalue weighted by Crippen LogP contribution is -2.10. The number of hydrogen-bond acceptors (Lipinski definition) is 3. The van der Waals surface area contributed by atoms with Gasteiger partial charge in [-0.25, -0.2) is 9.18 Å². The second-order valence-electron chi connectivity index (χ2n) is 1.94. The van der Waals surface area contributed by atoms with Gasteiger partial charge in [0.25, 0.3) is 0 Å². The molecule has 1 unspecified atom stereocenters. The first kappa shape index (κ1) is 6.48. The number of aliphatic hydroxyl groups is 1. The molecule has 0 bridgehead atoms. The van der Waals surface area contributed by atoms with E-state index in [0.29, 0.717) is 0 Å². The van der Waals surface area contributed by atoms with Gasteiger partial charge in [0.15, 0.2) is 0 Å². The molecule has 4 heteroatoms. The molecule has 52 valence electrons. The molecule has 0 aromatic carbocycles. The highest BCUT2D eigenvalue weighted by atomic mass is 19.1. The van der Waals surface area contributed by atoms with Crippen molar-refractivity contribution in [3.05, 3.63) is 0 Å². The maximum Gasteiger partial charge on any atom is 0.341 e. The fourth-order valence-corrected chi connectivity index (χ4v) is 0.725. The Morgan fingerprint density at radius 2 is 2.56 bits per heavy atom. The van der Waals surface area contributed by atoms with Crippen LogP contribution >= 0.6 is 0 Å². The van der Waals surface area contributed by atoms with Gasteiger partial charge in [-0.3, -0.25) is 0 Å². The van der Waals surface area contributed by atoms with Crippen molar-refractivity contribution < 1.29 is 19.0 Å². The number of alkyl halides is 1. The molecule has 1 heterocycles. The molecule has 2 atom stereocenters. The summed E-state index contributed by atoms with van der Waals surface area (Å²) in [6.07, 6.45) is -2.15. The summed E-state index contributed by atoms with van der Waals surface area (Å²) in [5.74, 6) is -0.853. The summed E-state index contributed by atoms with van der Waals surface area (Å²) in [6, 6.07) is 0. The zero-order valence-corrected chi connectivity index (χ0v) is 4.71. The van der Waals surface area contributed by atoms with E-state index in [1.54, 1.807) is 0 Å². The first-order valence-corrected chi connectivity index (χ1v) is 2.69. The van der Waals surface area contributed by atoms with Gasteiger partial charge in [-0.2, -0.15) is 0 Å². The normalized spacial score (nSPS) is 34.7. The van der Waals surface area contributed by atoms with Crippen molar-refractivity contribution in [2.45, 2.75) is 18.7 Å². The molecule has 1 fully saturated rings. The Balaban J connectivity index is 2.44. The molecule has 1 N–H and O–H groups in total. The largest absolute Gasteiger partial charge is 0.458 e. The van der Waals surface area contributed by atoms with E-state index in [-0.39, 0.29) is 13.0 Å². The van der Waals surface area contributed by atoms with Crippen molar-refractivity contribution in [2.24, 2.45) is 0 Å². The third kappa shape index (κ3) is 1.18. The standard InChI is InChI=1S/C5H7FO3/c6-4-1-3(2-7)9-5(4)8/h3-4,7H,1-2H2/t3?,4-/m0/s1. The van der Waals surface area contributed by atoms with Crippen molar-refractivity contribution in [3.8, 4) is 0 Å². The summed E-state index contributed by atoms with van der Waals surface area (Å²) in [4.78, 5) is 10.2. The molecule has 1 rings (SSSR count). The minimum Gasteiger partial charge on any atom is -0.458 e. The third-order valence-corrected chi connectivity index (χ3v) is 1.21. The van der Waals surface area contributed by atoms with Gasteiger partial charge in [-0.1, -0.05) is 0 Å². The van der Waals surface area contributed by atoms with Crippen molar-refractivity contribution >= 4 is 5.97 Å². The quantitative estimate of drug-likeness (QED) is 0.498. The number of esters is 1. The second kappa shape index (κ2) is 2.31. The molecular formula is C5H7FO3. The molecule has 1 saturated heterocycles. The maximum absolute atomic E-state index is 12.2. The number of ether oxygens (including phenoxy) is 1. The molecule has 0 spiro atoms. The van der Waals surface area contributed by atoms with Crippen LogP contribution in [0.2, 0.25) is 0 Å². The van der Waals surface area contributed by atoms with E-state index >= 15 is 0 Å². The average molecular weight is 134 g/mol. The molecule has 0 aromatic rings. The van der Waals surface area contributed by atoms with Gasteiger partial charge >= 0.3 is 5.97 Å². The van der Waals surface area contributed by atoms with Gasteiger partial charge in [0.1, 0.15) is 6.10 Å². The second-order valence-corrected chi connectivity index (χ2v) is 1.94. The minimum atomic E-state index is -1.53. The summed E-state index contributed by atoms with van der Waals surface area (Å²) in [6.45, 7) is -0.286. The average Bonchev–Trinajstić information content (AvgIpc) is 2.13. The molecule has 0 amide bonds. The number of hydrogen-bond donors (Lipinski definition) is 1. The van der Waals surface area contributed by atoms with Crippen molar-refractivity contribution in [3.63, 3.8) is 0 Å². The Morgan fingerprint density at radius 1 is 1.89 bits per heavy atom. The Labute approximate surface area is 51.4 Å². The monoisotopic (exact) mass is 134 g/mol. The lowest BCUT2D eigenvalue weighted by atomic mass is 10.2. The molecule has 1 aliphatic rings. The summed E-state index contributed by atoms with van der Waals surface area (Å²) in [7, 11) is 0. The van der Waals surface area contributed by atoms with E-state index in [9.17, 15) is 9.18 Å². The Hall–Kier alpha value is -0.640. The van der Waals surface area contributed by atoms with Gasteiger partial charge in [0.2, 0.25) is 6.17 Å². The SMILES string of the molecule is O=C1OC(CO)C[C@@H]1F. The number of carbonyl (C=O) groups is 1. The summed E-state index contributed by atoms with van der Waals surface area (Å²) in [5, 5.41) is 8.36. The van der Waals surface area contributed by atoms with E-state index < -0.39 is 18.2 Å². The van der Waals surface area contributed by atoms with Gasteiger partial charge < -0.3 is 9.84 Å². The first-order valence-electron chi connectivity index (χ1n) is 2.69. The van der Waals surface area contributed by atoms with Crippen LogP contribution in [0, 0.1) is 0 Å². The van der Waals surface area contributed by atoms with Crippen LogP contribution in [0.4, 0.5) is 4.39 Å². The van der Waals surface area contributed by atoms with Crippen LogP contribution in [0.1, 0.15) is 6.42 Å². The van der Waals surface area contributed by atoms with Crippen LogP contribution in [0.15, 0.2) is 0 Å². The van der Waals surface area contributed by atoms with E-state index in [1.807, 2.05) is 0 Å². The van der Waals surface area contributed by atoms with Crippen LogP contribution in [0.3, 0.4) is 0 Å². The molecule has 0 saturated carbocycles. The predicted octanol–water partition coefficient (Wildman–Crippen LogP) is -0.368. The minimum absolute atomic E-state index is 0.00463. The van der Waals surface area contributed by atoms with E-state index in [4.69, 9.17) is 5.11 Å². The number of rotatable bonds is 1. The number of halogens is 1. The molecule has 3 nitrogen and oxygen atoms in total. The molecule has 9 heavy (non-hydrogen) atoms. The van der Waals surface area contributed by atoms with Gasteiger partial charge in [0.05, 0.1) is 6.61 Å². The Bertz CT molecular complexity index is 125. The predicted molar refractivity (Wildman–Crippen MR) is 26.5 cm³/mol. The van der Waals surface area contributed by atoms with E-state index in [1.165, 1.54) is 0 Å². The smallest absolute Gasteiger partial charge is 0.341 e. The maximum atomic E-state index is 12.2. The van der Waals surface area contributed by atoms with Crippen molar-refractivity contribution in [1.29, 1.82) is 0 Å². The van der Waals surface area contributed by atoms with Crippen LogP contribution in [-0.2, 0) is 9.53 Å². The summed E-state index contributed by atoms with van der Waals surface area (Å²) in [5.41, 5.74) is 0. The van der Waals surface area contributed by atoms with Gasteiger partial charge in [-0.05, 0) is 0 Å². The number of carbonyl (C=O) groups excluding carboxylic acids is 1. The van der Waals surface area contributed by atoms with E-state index in [2.05, 4.69) is 4.74 Å². The highest BCUT2D eigenvalue weighted by molar-refractivity contribution is 5.76. The highest BCUT2D eigenvalue weighted by Gasteiger charge is 2.33. The third-order valence-electron chi connectivity index (χ3n) is 1.21. The van der Waals surface area contributed by atoms with Crippen LogP contribution in [0.25, 0.3) is 0 Å². The fourth-order valence-electron chi connectivity index (χ4n) is 0.725. The zero-order chi connectivity index (χ0) is 6.85. The Morgan fingerprint density at radius 3 is 2.78 bits per heavy atom. The van der Waals surface area contributed by atoms with Crippen LogP contribution in [-0.4, -0.2) is 30.0 Å². The number of cyclic esters (lactones) is 1. The van der Waals surface area contributed by atoms with E-state index in [0.717, 1.165) is 0 Å².